The summed E-state index contributed by atoms with van der Waals surface area (Å²) in [6.07, 6.45) is 3.69. The van der Waals surface area contributed by atoms with E-state index < -0.39 is 5.97 Å². The summed E-state index contributed by atoms with van der Waals surface area (Å²) in [5.74, 6) is -0.154. The molecule has 6 nitrogen and oxygen atoms in total. The zero-order chi connectivity index (χ0) is 18.4. The number of amides is 1. The van der Waals surface area contributed by atoms with Crippen LogP contribution in [0, 0.1) is 0 Å². The molecule has 3 rings (SSSR count). The normalized spacial score (nSPS) is 10.3. The summed E-state index contributed by atoms with van der Waals surface area (Å²) in [4.78, 5) is 24.7. The number of ether oxygens (including phenoxy) is 2. The Morgan fingerprint density at radius 1 is 1.15 bits per heavy atom. The molecule has 0 atom stereocenters. The molecule has 1 amide bonds. The second-order valence-corrected chi connectivity index (χ2v) is 6.35. The summed E-state index contributed by atoms with van der Waals surface area (Å²) in [7, 11) is 1.59. The molecule has 0 saturated carbocycles. The molecule has 0 aliphatic heterocycles. The Labute approximate surface area is 155 Å². The largest absolute Gasteiger partial charge is 0.497 e. The zero-order valence-electron chi connectivity index (χ0n) is 14.2. The highest BCUT2D eigenvalue weighted by Gasteiger charge is 2.17. The van der Waals surface area contributed by atoms with E-state index in [1.165, 1.54) is 11.3 Å². The van der Waals surface area contributed by atoms with E-state index in [1.807, 2.05) is 64.8 Å². The molecule has 0 fully saturated rings. The summed E-state index contributed by atoms with van der Waals surface area (Å²) in [5.41, 5.74) is 1.64. The number of benzene rings is 1. The summed E-state index contributed by atoms with van der Waals surface area (Å²) in [6, 6.07) is 13.0. The minimum Gasteiger partial charge on any atom is -0.497 e. The van der Waals surface area contributed by atoms with Crippen molar-refractivity contribution in [3.8, 4) is 11.4 Å². The SMILES string of the molecule is COc1cccc(CNC(=O)COC(=O)c2sccc2-n2cccc2)c1. The van der Waals surface area contributed by atoms with Gasteiger partial charge >= 0.3 is 5.97 Å². The highest BCUT2D eigenvalue weighted by atomic mass is 32.1. The minimum atomic E-state index is -0.514. The van der Waals surface area contributed by atoms with E-state index >= 15 is 0 Å². The van der Waals surface area contributed by atoms with Crippen molar-refractivity contribution in [3.05, 3.63) is 70.7 Å². The van der Waals surface area contributed by atoms with Crippen molar-refractivity contribution >= 4 is 23.2 Å². The van der Waals surface area contributed by atoms with E-state index in [4.69, 9.17) is 9.47 Å². The van der Waals surface area contributed by atoms with Gasteiger partial charge in [0.25, 0.3) is 5.91 Å². The number of nitrogens with zero attached hydrogens (tertiary/aromatic N) is 1. The molecular formula is C19H18N2O4S. The second kappa shape index (κ2) is 8.35. The Morgan fingerprint density at radius 2 is 1.96 bits per heavy atom. The van der Waals surface area contributed by atoms with E-state index in [9.17, 15) is 9.59 Å². The molecule has 134 valence electrons. The molecule has 2 aromatic heterocycles. The number of thiophene rings is 1. The molecule has 26 heavy (non-hydrogen) atoms. The number of esters is 1. The highest BCUT2D eigenvalue weighted by molar-refractivity contribution is 7.12. The van der Waals surface area contributed by atoms with E-state index in [0.29, 0.717) is 11.4 Å². The summed E-state index contributed by atoms with van der Waals surface area (Å²) >= 11 is 1.28. The van der Waals surface area contributed by atoms with Crippen molar-refractivity contribution < 1.29 is 19.1 Å². The summed E-state index contributed by atoms with van der Waals surface area (Å²) < 4.78 is 12.1. The summed E-state index contributed by atoms with van der Waals surface area (Å²) in [6.45, 7) is 0.00697. The van der Waals surface area contributed by atoms with Crippen molar-refractivity contribution in [2.75, 3.05) is 13.7 Å². The molecule has 3 aromatic rings. The summed E-state index contributed by atoms with van der Waals surface area (Å²) in [5, 5.41) is 4.53. The van der Waals surface area contributed by atoms with Crippen LogP contribution in [0.2, 0.25) is 0 Å². The van der Waals surface area contributed by atoms with Gasteiger partial charge in [-0.25, -0.2) is 4.79 Å². The fourth-order valence-corrected chi connectivity index (χ4v) is 3.17. The predicted molar refractivity (Wildman–Crippen MR) is 98.8 cm³/mol. The van der Waals surface area contributed by atoms with Crippen LogP contribution in [-0.2, 0) is 16.1 Å². The van der Waals surface area contributed by atoms with Gasteiger partial charge < -0.3 is 19.4 Å². The molecule has 0 aliphatic rings. The molecule has 0 bridgehead atoms. The lowest BCUT2D eigenvalue weighted by atomic mass is 10.2. The van der Waals surface area contributed by atoms with Gasteiger partial charge in [-0.2, -0.15) is 0 Å². The van der Waals surface area contributed by atoms with Crippen LogP contribution in [0.4, 0.5) is 0 Å². The fourth-order valence-electron chi connectivity index (χ4n) is 2.38. The van der Waals surface area contributed by atoms with Crippen molar-refractivity contribution in [2.45, 2.75) is 6.54 Å². The number of methoxy groups -OCH3 is 1. The van der Waals surface area contributed by atoms with Gasteiger partial charge in [0.2, 0.25) is 0 Å². The maximum atomic E-state index is 12.3. The van der Waals surface area contributed by atoms with Crippen LogP contribution >= 0.6 is 11.3 Å². The first-order chi connectivity index (χ1) is 12.7. The quantitative estimate of drug-likeness (QED) is 0.649. The van der Waals surface area contributed by atoms with Gasteiger partial charge in [-0.15, -0.1) is 11.3 Å². The second-order valence-electron chi connectivity index (χ2n) is 5.43. The molecule has 0 saturated heterocycles. The third-order valence-electron chi connectivity index (χ3n) is 3.67. The first kappa shape index (κ1) is 17.8. The Kier molecular flexibility index (Phi) is 5.70. The zero-order valence-corrected chi connectivity index (χ0v) is 15.0. The monoisotopic (exact) mass is 370 g/mol. The van der Waals surface area contributed by atoms with Gasteiger partial charge in [-0.05, 0) is 41.3 Å². The molecule has 0 unspecified atom stereocenters. The van der Waals surface area contributed by atoms with Gasteiger partial charge in [-0.3, -0.25) is 4.79 Å². The molecular weight excluding hydrogens is 352 g/mol. The average Bonchev–Trinajstić information content (AvgIpc) is 3.35. The first-order valence-electron chi connectivity index (χ1n) is 7.95. The lowest BCUT2D eigenvalue weighted by Gasteiger charge is -2.08. The van der Waals surface area contributed by atoms with E-state index in [0.717, 1.165) is 17.0 Å². The first-order valence-corrected chi connectivity index (χ1v) is 8.83. The van der Waals surface area contributed by atoms with Crippen LogP contribution in [0.3, 0.4) is 0 Å². The lowest BCUT2D eigenvalue weighted by Crippen LogP contribution is -2.28. The van der Waals surface area contributed by atoms with Gasteiger partial charge in [0.05, 0.1) is 12.8 Å². The Bertz CT molecular complexity index is 887. The molecule has 1 N–H and O–H groups in total. The number of hydrogen-bond donors (Lipinski definition) is 1. The third-order valence-corrected chi connectivity index (χ3v) is 4.55. The number of aromatic nitrogens is 1. The van der Waals surface area contributed by atoms with E-state index in [-0.39, 0.29) is 12.5 Å². The minimum absolute atomic E-state index is 0.328. The van der Waals surface area contributed by atoms with Crippen LogP contribution in [-0.4, -0.2) is 30.2 Å². The van der Waals surface area contributed by atoms with E-state index in [2.05, 4.69) is 5.32 Å². The van der Waals surface area contributed by atoms with Crippen LogP contribution in [0.25, 0.3) is 5.69 Å². The van der Waals surface area contributed by atoms with Gasteiger partial charge in [-0.1, -0.05) is 12.1 Å². The molecule has 7 heteroatoms. The molecule has 0 radical (unpaired) electrons. The molecule has 1 aromatic carbocycles. The highest BCUT2D eigenvalue weighted by Crippen LogP contribution is 2.22. The molecule has 2 heterocycles. The Balaban J connectivity index is 1.52. The van der Waals surface area contributed by atoms with Gasteiger partial charge in [0.1, 0.15) is 10.6 Å². The van der Waals surface area contributed by atoms with Crippen molar-refractivity contribution in [3.63, 3.8) is 0 Å². The topological polar surface area (TPSA) is 69.6 Å². The third kappa shape index (κ3) is 4.31. The molecule has 0 aliphatic carbocycles. The number of carbonyl (C=O) groups excluding carboxylic acids is 2. The van der Waals surface area contributed by atoms with Crippen molar-refractivity contribution in [2.24, 2.45) is 0 Å². The number of hydrogen-bond acceptors (Lipinski definition) is 5. The maximum absolute atomic E-state index is 12.3. The lowest BCUT2D eigenvalue weighted by molar-refractivity contribution is -0.124. The predicted octanol–water partition coefficient (Wildman–Crippen LogP) is 3.02. The maximum Gasteiger partial charge on any atom is 0.350 e. The van der Waals surface area contributed by atoms with Crippen LogP contribution in [0.1, 0.15) is 15.2 Å². The smallest absolute Gasteiger partial charge is 0.350 e. The Morgan fingerprint density at radius 3 is 2.73 bits per heavy atom. The van der Waals surface area contributed by atoms with Crippen LogP contribution in [0.5, 0.6) is 5.75 Å². The van der Waals surface area contributed by atoms with Crippen LogP contribution in [0.15, 0.2) is 60.2 Å². The van der Waals surface area contributed by atoms with Crippen molar-refractivity contribution in [1.29, 1.82) is 0 Å². The Hall–Kier alpha value is -3.06. The number of rotatable bonds is 7. The number of nitrogens with one attached hydrogen (secondary N) is 1. The fraction of sp³-hybridized carbons (Fsp3) is 0.158. The standard InChI is InChI=1S/C19H18N2O4S/c1-24-15-6-4-5-14(11-15)12-20-17(22)13-25-19(23)18-16(7-10-26-18)21-8-2-3-9-21/h2-11H,12-13H2,1H3,(H,20,22). The molecule has 0 spiro atoms. The number of carbonyl (C=O) groups is 2. The van der Waals surface area contributed by atoms with Crippen LogP contribution < -0.4 is 10.1 Å². The average molecular weight is 370 g/mol. The van der Waals surface area contributed by atoms with Gasteiger partial charge in [0, 0.05) is 18.9 Å². The van der Waals surface area contributed by atoms with Gasteiger partial charge in [0.15, 0.2) is 6.61 Å². The van der Waals surface area contributed by atoms with E-state index in [1.54, 1.807) is 7.11 Å². The van der Waals surface area contributed by atoms with Crippen molar-refractivity contribution in [1.82, 2.24) is 9.88 Å².